The van der Waals surface area contributed by atoms with Gasteiger partial charge in [-0.1, -0.05) is 0 Å². The molecule has 0 fully saturated rings. The first-order chi connectivity index (χ1) is 9.81. The smallest absolute Gasteiger partial charge is 0.243 e. The first-order valence-corrected chi connectivity index (χ1v) is 7.36. The first kappa shape index (κ1) is 15.8. The molecule has 0 bridgehead atoms. The lowest BCUT2D eigenvalue weighted by molar-refractivity contribution is -0.124. The van der Waals surface area contributed by atoms with Crippen molar-refractivity contribution in [2.45, 2.75) is 45.2 Å². The van der Waals surface area contributed by atoms with E-state index in [4.69, 9.17) is 11.6 Å². The first-order valence-electron chi connectivity index (χ1n) is 6.93. The fourth-order valence-corrected chi connectivity index (χ4v) is 2.45. The second-order valence-electron chi connectivity index (χ2n) is 5.43. The van der Waals surface area contributed by atoms with Gasteiger partial charge in [0.2, 0.25) is 5.91 Å². The van der Waals surface area contributed by atoms with E-state index >= 15 is 0 Å². The summed E-state index contributed by atoms with van der Waals surface area (Å²) in [5.74, 6) is 0.0460. The Morgan fingerprint density at radius 1 is 1.33 bits per heavy atom. The Labute approximate surface area is 128 Å². The summed E-state index contributed by atoms with van der Waals surface area (Å²) in [6.45, 7) is 7.32. The predicted molar refractivity (Wildman–Crippen MR) is 81.9 cm³/mol. The van der Waals surface area contributed by atoms with Crippen LogP contribution in [0, 0.1) is 5.82 Å². The van der Waals surface area contributed by atoms with Crippen molar-refractivity contribution in [3.63, 3.8) is 0 Å². The molecule has 0 spiro atoms. The molecular formula is C15H19ClFN3O. The minimum atomic E-state index is -0.518. The minimum Gasteiger partial charge on any atom is -0.352 e. The van der Waals surface area contributed by atoms with Gasteiger partial charge in [-0.2, -0.15) is 0 Å². The predicted octanol–water partition coefficient (Wildman–Crippen LogP) is 3.56. The highest BCUT2D eigenvalue weighted by Gasteiger charge is 2.24. The number of benzene rings is 1. The molecule has 6 heteroatoms. The van der Waals surface area contributed by atoms with Gasteiger partial charge in [-0.25, -0.2) is 9.37 Å². The Morgan fingerprint density at radius 3 is 2.57 bits per heavy atom. The van der Waals surface area contributed by atoms with Crippen molar-refractivity contribution in [2.24, 2.45) is 0 Å². The monoisotopic (exact) mass is 311 g/mol. The molecule has 1 N–H and O–H groups in total. The summed E-state index contributed by atoms with van der Waals surface area (Å²) in [6, 6.07) is 3.83. The number of hydrogen-bond acceptors (Lipinski definition) is 2. The number of hydrogen-bond donors (Lipinski definition) is 1. The summed E-state index contributed by atoms with van der Waals surface area (Å²) in [5, 5.41) is 2.47. The van der Waals surface area contributed by atoms with Gasteiger partial charge < -0.3 is 9.88 Å². The van der Waals surface area contributed by atoms with Gasteiger partial charge >= 0.3 is 0 Å². The summed E-state index contributed by atoms with van der Waals surface area (Å²) in [5.41, 5.74) is 1.20. The van der Waals surface area contributed by atoms with E-state index in [0.717, 1.165) is 0 Å². The molecule has 1 aromatic heterocycles. The number of amides is 1. The van der Waals surface area contributed by atoms with E-state index in [2.05, 4.69) is 10.3 Å². The summed E-state index contributed by atoms with van der Waals surface area (Å²) in [6.07, 6.45) is 0. The molecule has 0 saturated heterocycles. The zero-order chi connectivity index (χ0) is 15.7. The molecule has 4 nitrogen and oxygen atoms in total. The van der Waals surface area contributed by atoms with Gasteiger partial charge in [0.15, 0.2) is 0 Å². The lowest BCUT2D eigenvalue weighted by atomic mass is 10.2. The molecule has 21 heavy (non-hydrogen) atoms. The van der Waals surface area contributed by atoms with Crippen LogP contribution < -0.4 is 5.32 Å². The van der Waals surface area contributed by atoms with Gasteiger partial charge in [0.25, 0.3) is 0 Å². The summed E-state index contributed by atoms with van der Waals surface area (Å²) in [4.78, 5) is 16.7. The molecule has 2 unspecified atom stereocenters. The van der Waals surface area contributed by atoms with Crippen LogP contribution in [-0.2, 0) is 4.79 Å². The average Bonchev–Trinajstić information content (AvgIpc) is 2.75. The standard InChI is InChI=1S/C15H19ClFN3O/c1-8(2)18-15(21)10(4)20-13-7-11(17)5-6-12(13)19-14(20)9(3)16/h5-10H,1-4H3,(H,18,21). The lowest BCUT2D eigenvalue weighted by Crippen LogP contribution is -2.36. The van der Waals surface area contributed by atoms with Crippen LogP contribution in [0.4, 0.5) is 4.39 Å². The lowest BCUT2D eigenvalue weighted by Gasteiger charge is -2.19. The molecule has 1 heterocycles. The molecule has 0 saturated carbocycles. The molecule has 2 aromatic rings. The van der Waals surface area contributed by atoms with E-state index in [-0.39, 0.29) is 23.1 Å². The van der Waals surface area contributed by atoms with Gasteiger partial charge in [0.1, 0.15) is 17.7 Å². The second kappa shape index (κ2) is 6.02. The zero-order valence-electron chi connectivity index (χ0n) is 12.5. The van der Waals surface area contributed by atoms with Crippen molar-refractivity contribution in [1.82, 2.24) is 14.9 Å². The van der Waals surface area contributed by atoms with Gasteiger partial charge in [0.05, 0.1) is 16.4 Å². The highest BCUT2D eigenvalue weighted by molar-refractivity contribution is 6.20. The zero-order valence-corrected chi connectivity index (χ0v) is 13.3. The normalized spacial score (nSPS) is 14.4. The number of imidazole rings is 1. The molecule has 1 amide bonds. The third kappa shape index (κ3) is 3.18. The highest BCUT2D eigenvalue weighted by atomic mass is 35.5. The Kier molecular flexibility index (Phi) is 4.52. The molecule has 0 radical (unpaired) electrons. The number of rotatable bonds is 4. The summed E-state index contributed by atoms with van der Waals surface area (Å²) < 4.78 is 15.2. The van der Waals surface area contributed by atoms with Crippen LogP contribution in [0.15, 0.2) is 18.2 Å². The van der Waals surface area contributed by atoms with Crippen molar-refractivity contribution in [2.75, 3.05) is 0 Å². The molecule has 114 valence electrons. The minimum absolute atomic E-state index is 0.0309. The Bertz CT molecular complexity index is 666. The Hall–Kier alpha value is -1.62. The van der Waals surface area contributed by atoms with Crippen molar-refractivity contribution >= 4 is 28.5 Å². The van der Waals surface area contributed by atoms with Gasteiger partial charge in [-0.3, -0.25) is 4.79 Å². The summed E-state index contributed by atoms with van der Waals surface area (Å²) >= 11 is 6.17. The van der Waals surface area contributed by atoms with Crippen molar-refractivity contribution < 1.29 is 9.18 Å². The number of halogens is 2. The van der Waals surface area contributed by atoms with Gasteiger partial charge in [-0.05, 0) is 45.9 Å². The van der Waals surface area contributed by atoms with Crippen LogP contribution >= 0.6 is 11.6 Å². The van der Waals surface area contributed by atoms with E-state index in [1.807, 2.05) is 13.8 Å². The molecule has 1 aromatic carbocycles. The number of nitrogens with one attached hydrogen (secondary N) is 1. The Balaban J connectivity index is 2.56. The molecule has 2 rings (SSSR count). The van der Waals surface area contributed by atoms with Gasteiger partial charge in [-0.15, -0.1) is 11.6 Å². The molecule has 2 atom stereocenters. The molecule has 0 aliphatic rings. The van der Waals surface area contributed by atoms with Crippen molar-refractivity contribution in [3.8, 4) is 0 Å². The van der Waals surface area contributed by atoms with E-state index in [9.17, 15) is 9.18 Å². The van der Waals surface area contributed by atoms with Crippen LogP contribution in [-0.4, -0.2) is 21.5 Å². The Morgan fingerprint density at radius 2 is 2.00 bits per heavy atom. The second-order valence-corrected chi connectivity index (χ2v) is 6.08. The number of alkyl halides is 1. The SMILES string of the molecule is CC(C)NC(=O)C(C)n1c(C(C)Cl)nc2ccc(F)cc21. The maximum absolute atomic E-state index is 13.5. The van der Waals surface area contributed by atoms with Gasteiger partial charge in [0, 0.05) is 6.04 Å². The number of aromatic nitrogens is 2. The van der Waals surface area contributed by atoms with Crippen molar-refractivity contribution in [1.29, 1.82) is 0 Å². The third-order valence-corrected chi connectivity index (χ3v) is 3.43. The van der Waals surface area contributed by atoms with Crippen LogP contribution in [0.5, 0.6) is 0 Å². The van der Waals surface area contributed by atoms with E-state index < -0.39 is 6.04 Å². The maximum atomic E-state index is 13.5. The average molecular weight is 312 g/mol. The molecule has 0 aliphatic heterocycles. The maximum Gasteiger partial charge on any atom is 0.243 e. The third-order valence-electron chi connectivity index (χ3n) is 3.23. The fourth-order valence-electron chi connectivity index (χ4n) is 2.29. The number of carbonyl (C=O) groups excluding carboxylic acids is 1. The quantitative estimate of drug-likeness (QED) is 0.878. The largest absolute Gasteiger partial charge is 0.352 e. The molecule has 0 aliphatic carbocycles. The molecular weight excluding hydrogens is 293 g/mol. The van der Waals surface area contributed by atoms with Crippen LogP contribution in [0.2, 0.25) is 0 Å². The van der Waals surface area contributed by atoms with Crippen LogP contribution in [0.25, 0.3) is 11.0 Å². The van der Waals surface area contributed by atoms with E-state index in [0.29, 0.717) is 16.9 Å². The fraction of sp³-hybridized carbons (Fsp3) is 0.467. The summed E-state index contributed by atoms with van der Waals surface area (Å²) in [7, 11) is 0. The number of carbonyl (C=O) groups is 1. The highest BCUT2D eigenvalue weighted by Crippen LogP contribution is 2.28. The number of fused-ring (bicyclic) bond motifs is 1. The van der Waals surface area contributed by atoms with Crippen molar-refractivity contribution in [3.05, 3.63) is 29.8 Å². The van der Waals surface area contributed by atoms with E-state index in [1.165, 1.54) is 12.1 Å². The van der Waals surface area contributed by atoms with E-state index in [1.54, 1.807) is 24.5 Å². The topological polar surface area (TPSA) is 46.9 Å². The van der Waals surface area contributed by atoms with Crippen LogP contribution in [0.1, 0.15) is 44.9 Å². The number of nitrogens with zero attached hydrogens (tertiary/aromatic N) is 2. The van der Waals surface area contributed by atoms with Crippen LogP contribution in [0.3, 0.4) is 0 Å².